The number of rotatable bonds is 3. The molecule has 1 amide bonds. The molecular formula is C14H8Cl3NO3. The normalized spacial score (nSPS) is 10.2. The number of carbonyl (C=O) groups excluding carboxylic acids is 1. The summed E-state index contributed by atoms with van der Waals surface area (Å²) < 4.78 is 0. The molecule has 0 radical (unpaired) electrons. The van der Waals surface area contributed by atoms with Gasteiger partial charge in [-0.25, -0.2) is 4.79 Å². The zero-order valence-corrected chi connectivity index (χ0v) is 12.6. The van der Waals surface area contributed by atoms with Crippen molar-refractivity contribution in [3.63, 3.8) is 0 Å². The minimum absolute atomic E-state index is 0.0324. The lowest BCUT2D eigenvalue weighted by molar-refractivity contribution is 0.0696. The average Bonchev–Trinajstić information content (AvgIpc) is 2.40. The Hall–Kier alpha value is -1.75. The van der Waals surface area contributed by atoms with E-state index < -0.39 is 11.9 Å². The van der Waals surface area contributed by atoms with E-state index >= 15 is 0 Å². The van der Waals surface area contributed by atoms with Crippen LogP contribution in [0.3, 0.4) is 0 Å². The van der Waals surface area contributed by atoms with E-state index in [-0.39, 0.29) is 26.9 Å². The monoisotopic (exact) mass is 343 g/mol. The van der Waals surface area contributed by atoms with Crippen molar-refractivity contribution >= 4 is 52.4 Å². The fourth-order valence-corrected chi connectivity index (χ4v) is 2.27. The topological polar surface area (TPSA) is 66.4 Å². The Kier molecular flexibility index (Phi) is 4.73. The lowest BCUT2D eigenvalue weighted by Crippen LogP contribution is -2.13. The third-order valence-corrected chi connectivity index (χ3v) is 3.36. The molecule has 2 aromatic carbocycles. The van der Waals surface area contributed by atoms with Crippen LogP contribution in [0.2, 0.25) is 15.1 Å². The standard InChI is InChI=1S/C14H8Cl3NO3/c15-8-1-2-12(17)11(6-8)13(19)18-10-4-7(14(20)21)3-9(16)5-10/h1-6H,(H,18,19)(H,20,21). The van der Waals surface area contributed by atoms with Gasteiger partial charge in [0, 0.05) is 15.7 Å². The predicted molar refractivity (Wildman–Crippen MR) is 82.8 cm³/mol. The van der Waals surface area contributed by atoms with E-state index in [2.05, 4.69) is 5.32 Å². The van der Waals surface area contributed by atoms with Gasteiger partial charge in [-0.1, -0.05) is 34.8 Å². The number of benzene rings is 2. The predicted octanol–water partition coefficient (Wildman–Crippen LogP) is 4.60. The Balaban J connectivity index is 2.31. The zero-order valence-electron chi connectivity index (χ0n) is 10.4. The van der Waals surface area contributed by atoms with Gasteiger partial charge < -0.3 is 10.4 Å². The molecule has 4 nitrogen and oxygen atoms in total. The molecule has 0 saturated carbocycles. The first-order chi connectivity index (χ1) is 9.86. The summed E-state index contributed by atoms with van der Waals surface area (Å²) in [5, 5.41) is 12.3. The molecule has 2 N–H and O–H groups in total. The minimum Gasteiger partial charge on any atom is -0.478 e. The van der Waals surface area contributed by atoms with Crippen LogP contribution in [0.5, 0.6) is 0 Å². The van der Waals surface area contributed by atoms with E-state index in [4.69, 9.17) is 39.9 Å². The van der Waals surface area contributed by atoms with E-state index in [1.165, 1.54) is 30.3 Å². The van der Waals surface area contributed by atoms with Crippen LogP contribution < -0.4 is 5.32 Å². The number of carboxylic acids is 1. The molecule has 108 valence electrons. The highest BCUT2D eigenvalue weighted by molar-refractivity contribution is 6.36. The number of carbonyl (C=O) groups is 2. The third kappa shape index (κ3) is 3.88. The summed E-state index contributed by atoms with van der Waals surface area (Å²) in [5.74, 6) is -1.66. The number of halogens is 3. The van der Waals surface area contributed by atoms with Crippen LogP contribution in [0.4, 0.5) is 5.69 Å². The number of amides is 1. The smallest absolute Gasteiger partial charge is 0.335 e. The molecule has 0 bridgehead atoms. The molecule has 21 heavy (non-hydrogen) atoms. The van der Waals surface area contributed by atoms with Crippen molar-refractivity contribution in [1.29, 1.82) is 0 Å². The molecule has 0 aliphatic rings. The summed E-state index contributed by atoms with van der Waals surface area (Å²) in [6.07, 6.45) is 0. The SMILES string of the molecule is O=C(O)c1cc(Cl)cc(NC(=O)c2cc(Cl)ccc2Cl)c1. The highest BCUT2D eigenvalue weighted by Gasteiger charge is 2.13. The van der Waals surface area contributed by atoms with Crippen LogP contribution in [-0.2, 0) is 0 Å². The first kappa shape index (κ1) is 15.6. The van der Waals surface area contributed by atoms with Gasteiger partial charge in [-0.2, -0.15) is 0 Å². The molecular weight excluding hydrogens is 337 g/mol. The van der Waals surface area contributed by atoms with Gasteiger partial charge in [-0.05, 0) is 36.4 Å². The molecule has 0 heterocycles. The Labute approximate surface area is 135 Å². The van der Waals surface area contributed by atoms with Crippen molar-refractivity contribution in [1.82, 2.24) is 0 Å². The second-order valence-corrected chi connectivity index (χ2v) is 5.39. The summed E-state index contributed by atoms with van der Waals surface area (Å²) in [6.45, 7) is 0. The van der Waals surface area contributed by atoms with Gasteiger partial charge in [0.05, 0.1) is 16.1 Å². The van der Waals surface area contributed by atoms with Gasteiger partial charge >= 0.3 is 5.97 Å². The Bertz CT molecular complexity index is 731. The zero-order chi connectivity index (χ0) is 15.6. The van der Waals surface area contributed by atoms with Crippen LogP contribution in [0.25, 0.3) is 0 Å². The second kappa shape index (κ2) is 6.35. The van der Waals surface area contributed by atoms with Crippen LogP contribution in [0, 0.1) is 0 Å². The number of anilines is 1. The van der Waals surface area contributed by atoms with E-state index in [0.717, 1.165) is 0 Å². The van der Waals surface area contributed by atoms with Crippen molar-refractivity contribution in [2.45, 2.75) is 0 Å². The highest BCUT2D eigenvalue weighted by atomic mass is 35.5. The van der Waals surface area contributed by atoms with Crippen LogP contribution in [-0.4, -0.2) is 17.0 Å². The summed E-state index contributed by atoms with van der Waals surface area (Å²) >= 11 is 17.6. The number of carboxylic acid groups (broad SMARTS) is 1. The van der Waals surface area contributed by atoms with Crippen molar-refractivity contribution < 1.29 is 14.7 Å². The van der Waals surface area contributed by atoms with Gasteiger partial charge in [0.25, 0.3) is 5.91 Å². The van der Waals surface area contributed by atoms with E-state index in [9.17, 15) is 9.59 Å². The summed E-state index contributed by atoms with van der Waals surface area (Å²) in [5.41, 5.74) is 0.400. The largest absolute Gasteiger partial charge is 0.478 e. The van der Waals surface area contributed by atoms with Crippen LogP contribution >= 0.6 is 34.8 Å². The molecule has 0 saturated heterocycles. The van der Waals surface area contributed by atoms with E-state index in [0.29, 0.717) is 5.02 Å². The van der Waals surface area contributed by atoms with Crippen LogP contribution in [0.15, 0.2) is 36.4 Å². The fraction of sp³-hybridized carbons (Fsp3) is 0. The summed E-state index contributed by atoms with van der Waals surface area (Å²) in [7, 11) is 0. The lowest BCUT2D eigenvalue weighted by Gasteiger charge is -2.08. The third-order valence-electron chi connectivity index (χ3n) is 2.58. The maximum atomic E-state index is 12.1. The Morgan fingerprint density at radius 1 is 0.952 bits per heavy atom. The first-order valence-electron chi connectivity index (χ1n) is 5.67. The van der Waals surface area contributed by atoms with Crippen molar-refractivity contribution in [3.05, 3.63) is 62.6 Å². The molecule has 0 unspecified atom stereocenters. The molecule has 0 atom stereocenters. The summed E-state index contributed by atoms with van der Waals surface area (Å²) in [6, 6.07) is 8.49. The maximum Gasteiger partial charge on any atom is 0.335 e. The highest BCUT2D eigenvalue weighted by Crippen LogP contribution is 2.23. The van der Waals surface area contributed by atoms with Gasteiger partial charge in [0.15, 0.2) is 0 Å². The number of hydrogen-bond donors (Lipinski definition) is 2. The molecule has 0 aliphatic carbocycles. The average molecular weight is 345 g/mol. The molecule has 7 heteroatoms. The Morgan fingerprint density at radius 2 is 1.67 bits per heavy atom. The maximum absolute atomic E-state index is 12.1. The van der Waals surface area contributed by atoms with Crippen molar-refractivity contribution in [2.75, 3.05) is 5.32 Å². The van der Waals surface area contributed by atoms with Gasteiger partial charge in [-0.15, -0.1) is 0 Å². The van der Waals surface area contributed by atoms with Crippen LogP contribution in [0.1, 0.15) is 20.7 Å². The first-order valence-corrected chi connectivity index (χ1v) is 6.80. The molecule has 0 spiro atoms. The Morgan fingerprint density at radius 3 is 2.33 bits per heavy atom. The molecule has 0 aliphatic heterocycles. The molecule has 0 fully saturated rings. The quantitative estimate of drug-likeness (QED) is 0.855. The number of aromatic carboxylic acids is 1. The molecule has 2 rings (SSSR count). The van der Waals surface area contributed by atoms with Crippen molar-refractivity contribution in [3.8, 4) is 0 Å². The number of nitrogens with one attached hydrogen (secondary N) is 1. The van der Waals surface area contributed by atoms with Gasteiger partial charge in [0.1, 0.15) is 0 Å². The molecule has 2 aromatic rings. The minimum atomic E-state index is -1.14. The van der Waals surface area contributed by atoms with Crippen molar-refractivity contribution in [2.24, 2.45) is 0 Å². The lowest BCUT2D eigenvalue weighted by atomic mass is 10.1. The van der Waals surface area contributed by atoms with Gasteiger partial charge in [-0.3, -0.25) is 4.79 Å². The summed E-state index contributed by atoms with van der Waals surface area (Å²) in [4.78, 5) is 23.1. The number of hydrogen-bond acceptors (Lipinski definition) is 2. The van der Waals surface area contributed by atoms with E-state index in [1.807, 2.05) is 0 Å². The second-order valence-electron chi connectivity index (χ2n) is 4.11. The molecule has 0 aromatic heterocycles. The fourth-order valence-electron chi connectivity index (χ4n) is 1.66. The van der Waals surface area contributed by atoms with Gasteiger partial charge in [0.2, 0.25) is 0 Å². The van der Waals surface area contributed by atoms with E-state index in [1.54, 1.807) is 6.07 Å².